The van der Waals surface area contributed by atoms with Crippen LogP contribution in [0.1, 0.15) is 11.1 Å². The Morgan fingerprint density at radius 3 is 2.53 bits per heavy atom. The molecule has 0 aliphatic rings. The van der Waals surface area contributed by atoms with Gasteiger partial charge in [0.15, 0.2) is 0 Å². The molecule has 2 aromatic rings. The molecule has 2 nitrogen and oxygen atoms in total. The number of benzene rings is 2. The van der Waals surface area contributed by atoms with Gasteiger partial charge in [0.25, 0.3) is 0 Å². The van der Waals surface area contributed by atoms with Crippen LogP contribution in [0.15, 0.2) is 42.5 Å². The van der Waals surface area contributed by atoms with Gasteiger partial charge in [-0.25, -0.2) is 4.39 Å². The van der Waals surface area contributed by atoms with Gasteiger partial charge in [0.1, 0.15) is 11.6 Å². The number of halogens is 2. The first-order valence-electron chi connectivity index (χ1n) is 6.08. The normalized spacial score (nSPS) is 10.6. The minimum absolute atomic E-state index is 0.259. The lowest BCUT2D eigenvalue weighted by atomic mass is 10.1. The fourth-order valence-corrected chi connectivity index (χ4v) is 2.04. The standard InChI is InChI=1S/C15H15ClFNO/c16-14-2-1-3-15(17)13(14)10-18-9-8-11-4-6-12(19)7-5-11/h1-7,18-19H,8-10H2. The molecular weight excluding hydrogens is 265 g/mol. The largest absolute Gasteiger partial charge is 0.508 e. The summed E-state index contributed by atoms with van der Waals surface area (Å²) in [6.45, 7) is 1.12. The first-order valence-corrected chi connectivity index (χ1v) is 6.46. The van der Waals surface area contributed by atoms with Crippen molar-refractivity contribution in [2.45, 2.75) is 13.0 Å². The second-order valence-electron chi connectivity index (χ2n) is 4.29. The van der Waals surface area contributed by atoms with Gasteiger partial charge in [-0.1, -0.05) is 29.8 Å². The zero-order chi connectivity index (χ0) is 13.7. The quantitative estimate of drug-likeness (QED) is 0.821. The fourth-order valence-electron chi connectivity index (χ4n) is 1.81. The van der Waals surface area contributed by atoms with Crippen molar-refractivity contribution in [1.82, 2.24) is 5.32 Å². The zero-order valence-corrected chi connectivity index (χ0v) is 11.1. The second kappa shape index (κ2) is 6.55. The third-order valence-electron chi connectivity index (χ3n) is 2.89. The van der Waals surface area contributed by atoms with Crippen molar-refractivity contribution >= 4 is 11.6 Å². The van der Waals surface area contributed by atoms with Crippen LogP contribution in [0.5, 0.6) is 5.75 Å². The topological polar surface area (TPSA) is 32.3 Å². The van der Waals surface area contributed by atoms with Crippen molar-refractivity contribution in [3.63, 3.8) is 0 Å². The van der Waals surface area contributed by atoms with Crippen LogP contribution in [0.25, 0.3) is 0 Å². The summed E-state index contributed by atoms with van der Waals surface area (Å²) >= 11 is 5.94. The number of aromatic hydroxyl groups is 1. The van der Waals surface area contributed by atoms with E-state index in [0.717, 1.165) is 18.5 Å². The SMILES string of the molecule is Oc1ccc(CCNCc2c(F)cccc2Cl)cc1. The van der Waals surface area contributed by atoms with Gasteiger partial charge >= 0.3 is 0 Å². The third kappa shape index (κ3) is 3.94. The van der Waals surface area contributed by atoms with E-state index in [-0.39, 0.29) is 11.6 Å². The molecule has 0 aromatic heterocycles. The Hall–Kier alpha value is -1.58. The van der Waals surface area contributed by atoms with Crippen LogP contribution in [0.2, 0.25) is 5.02 Å². The number of phenols is 1. The number of phenolic OH excluding ortho intramolecular Hbond substituents is 1. The van der Waals surface area contributed by atoms with Crippen molar-refractivity contribution in [1.29, 1.82) is 0 Å². The molecule has 2 N–H and O–H groups in total. The number of nitrogens with one attached hydrogen (secondary N) is 1. The number of rotatable bonds is 5. The molecule has 19 heavy (non-hydrogen) atoms. The van der Waals surface area contributed by atoms with E-state index in [2.05, 4.69) is 5.32 Å². The highest BCUT2D eigenvalue weighted by Crippen LogP contribution is 2.18. The number of hydrogen-bond acceptors (Lipinski definition) is 2. The molecule has 100 valence electrons. The molecule has 2 rings (SSSR count). The summed E-state index contributed by atoms with van der Waals surface area (Å²) in [5.74, 6) is -0.0283. The van der Waals surface area contributed by atoms with Gasteiger partial charge < -0.3 is 10.4 Å². The Morgan fingerprint density at radius 1 is 1.11 bits per heavy atom. The van der Waals surface area contributed by atoms with Crippen LogP contribution in [-0.2, 0) is 13.0 Å². The van der Waals surface area contributed by atoms with Crippen molar-refractivity contribution < 1.29 is 9.50 Å². The Morgan fingerprint density at radius 2 is 1.84 bits per heavy atom. The first kappa shape index (κ1) is 13.8. The molecule has 0 radical (unpaired) electrons. The molecule has 0 unspecified atom stereocenters. The average molecular weight is 280 g/mol. The van der Waals surface area contributed by atoms with Gasteiger partial charge in [-0.2, -0.15) is 0 Å². The van der Waals surface area contributed by atoms with E-state index >= 15 is 0 Å². The third-order valence-corrected chi connectivity index (χ3v) is 3.24. The molecule has 0 saturated carbocycles. The average Bonchev–Trinajstić information content (AvgIpc) is 2.39. The highest BCUT2D eigenvalue weighted by molar-refractivity contribution is 6.31. The van der Waals surface area contributed by atoms with Gasteiger partial charge in [-0.3, -0.25) is 0 Å². The van der Waals surface area contributed by atoms with E-state index < -0.39 is 0 Å². The summed E-state index contributed by atoms with van der Waals surface area (Å²) in [4.78, 5) is 0. The molecule has 0 heterocycles. The van der Waals surface area contributed by atoms with Gasteiger partial charge in [-0.15, -0.1) is 0 Å². The van der Waals surface area contributed by atoms with E-state index in [1.165, 1.54) is 6.07 Å². The van der Waals surface area contributed by atoms with Crippen LogP contribution < -0.4 is 5.32 Å². The molecule has 0 amide bonds. The van der Waals surface area contributed by atoms with Crippen LogP contribution in [0.3, 0.4) is 0 Å². The molecule has 0 fully saturated rings. The highest BCUT2D eigenvalue weighted by atomic mass is 35.5. The summed E-state index contributed by atoms with van der Waals surface area (Å²) in [6.07, 6.45) is 0.812. The fraction of sp³-hybridized carbons (Fsp3) is 0.200. The predicted molar refractivity (Wildman–Crippen MR) is 74.9 cm³/mol. The maximum absolute atomic E-state index is 13.5. The van der Waals surface area contributed by atoms with E-state index in [9.17, 15) is 4.39 Å². The summed E-state index contributed by atoms with van der Waals surface area (Å²) in [7, 11) is 0. The Kier molecular flexibility index (Phi) is 4.77. The summed E-state index contributed by atoms with van der Waals surface area (Å²) in [5.41, 5.74) is 1.61. The Bertz CT molecular complexity index is 522. The van der Waals surface area contributed by atoms with Crippen LogP contribution in [-0.4, -0.2) is 11.7 Å². The van der Waals surface area contributed by atoms with E-state index in [4.69, 9.17) is 16.7 Å². The molecule has 0 aliphatic carbocycles. The minimum Gasteiger partial charge on any atom is -0.508 e. The Balaban J connectivity index is 1.82. The lowest BCUT2D eigenvalue weighted by Gasteiger charge is -2.08. The van der Waals surface area contributed by atoms with Gasteiger partial charge in [-0.05, 0) is 42.8 Å². The van der Waals surface area contributed by atoms with Gasteiger partial charge in [0.2, 0.25) is 0 Å². The first-order chi connectivity index (χ1) is 9.16. The smallest absolute Gasteiger partial charge is 0.129 e. The van der Waals surface area contributed by atoms with Crippen LogP contribution in [0.4, 0.5) is 4.39 Å². The van der Waals surface area contributed by atoms with Crippen LogP contribution in [0, 0.1) is 5.82 Å². The summed E-state index contributed by atoms with van der Waals surface area (Å²) in [5, 5.41) is 12.8. The van der Waals surface area contributed by atoms with E-state index in [1.54, 1.807) is 24.3 Å². The maximum atomic E-state index is 13.5. The highest BCUT2D eigenvalue weighted by Gasteiger charge is 2.05. The zero-order valence-electron chi connectivity index (χ0n) is 10.4. The minimum atomic E-state index is -0.287. The number of hydrogen-bond donors (Lipinski definition) is 2. The molecule has 2 aromatic carbocycles. The van der Waals surface area contributed by atoms with Gasteiger partial charge in [0.05, 0.1) is 0 Å². The monoisotopic (exact) mass is 279 g/mol. The van der Waals surface area contributed by atoms with Crippen LogP contribution >= 0.6 is 11.6 Å². The molecule has 0 spiro atoms. The molecule has 0 saturated heterocycles. The molecule has 0 bridgehead atoms. The molecule has 4 heteroatoms. The van der Waals surface area contributed by atoms with Crippen molar-refractivity contribution in [3.05, 3.63) is 64.4 Å². The Labute approximate surface area is 116 Å². The van der Waals surface area contributed by atoms with E-state index in [1.807, 2.05) is 12.1 Å². The van der Waals surface area contributed by atoms with Gasteiger partial charge in [0, 0.05) is 17.1 Å². The lowest BCUT2D eigenvalue weighted by Crippen LogP contribution is -2.17. The summed E-state index contributed by atoms with van der Waals surface area (Å²) < 4.78 is 13.5. The van der Waals surface area contributed by atoms with Crippen molar-refractivity contribution in [2.24, 2.45) is 0 Å². The molecule has 0 atom stereocenters. The molecule has 0 aliphatic heterocycles. The summed E-state index contributed by atoms with van der Waals surface area (Å²) in [6, 6.07) is 11.7. The second-order valence-corrected chi connectivity index (χ2v) is 4.70. The predicted octanol–water partition coefficient (Wildman–Crippen LogP) is 3.52. The van der Waals surface area contributed by atoms with E-state index in [0.29, 0.717) is 17.1 Å². The van der Waals surface area contributed by atoms with Crippen molar-refractivity contribution in [2.75, 3.05) is 6.54 Å². The maximum Gasteiger partial charge on any atom is 0.129 e. The lowest BCUT2D eigenvalue weighted by molar-refractivity contribution is 0.475. The molecular formula is C15H15ClFNO. The van der Waals surface area contributed by atoms with Crippen molar-refractivity contribution in [3.8, 4) is 5.75 Å².